The normalized spacial score (nSPS) is 10.9. The van der Waals surface area contributed by atoms with Crippen molar-refractivity contribution in [3.63, 3.8) is 0 Å². The highest BCUT2D eigenvalue weighted by Gasteiger charge is 2.05. The van der Waals surface area contributed by atoms with E-state index in [4.69, 9.17) is 15.2 Å². The van der Waals surface area contributed by atoms with Gasteiger partial charge in [-0.3, -0.25) is 0 Å². The number of oxime groups is 1. The van der Waals surface area contributed by atoms with Gasteiger partial charge >= 0.3 is 0 Å². The van der Waals surface area contributed by atoms with Crippen LogP contribution in [0, 0.1) is 18.3 Å². The van der Waals surface area contributed by atoms with Gasteiger partial charge < -0.3 is 9.94 Å². The van der Waals surface area contributed by atoms with E-state index in [2.05, 4.69) is 5.16 Å². The fourth-order valence-corrected chi connectivity index (χ4v) is 1.83. The number of hydrogen-bond acceptors (Lipinski definition) is 4. The molecule has 0 atom stereocenters. The Morgan fingerprint density at radius 3 is 2.75 bits per heavy atom. The summed E-state index contributed by atoms with van der Waals surface area (Å²) in [5.74, 6) is 0.828. The van der Waals surface area contributed by atoms with E-state index in [0.717, 1.165) is 16.9 Å². The lowest BCUT2D eigenvalue weighted by Gasteiger charge is -2.09. The first-order valence-electron chi connectivity index (χ1n) is 6.14. The van der Waals surface area contributed by atoms with Crippen LogP contribution in [0.2, 0.25) is 0 Å². The van der Waals surface area contributed by atoms with E-state index in [1.54, 1.807) is 18.2 Å². The molecule has 0 aliphatic rings. The zero-order chi connectivity index (χ0) is 14.4. The van der Waals surface area contributed by atoms with Gasteiger partial charge in [0, 0.05) is 5.56 Å². The Balaban J connectivity index is 2.14. The lowest BCUT2D eigenvalue weighted by atomic mass is 10.1. The molecule has 0 fully saturated rings. The van der Waals surface area contributed by atoms with Crippen LogP contribution in [0.25, 0.3) is 0 Å². The Labute approximate surface area is 117 Å². The van der Waals surface area contributed by atoms with Crippen molar-refractivity contribution in [2.24, 2.45) is 5.16 Å². The van der Waals surface area contributed by atoms with E-state index in [1.807, 2.05) is 43.3 Å². The summed E-state index contributed by atoms with van der Waals surface area (Å²) in [5.41, 5.74) is 2.53. The summed E-state index contributed by atoms with van der Waals surface area (Å²) in [7, 11) is 0. The zero-order valence-electron chi connectivity index (χ0n) is 11.1. The molecule has 100 valence electrons. The largest absolute Gasteiger partial charge is 0.489 e. The van der Waals surface area contributed by atoms with Crippen LogP contribution in [0.3, 0.4) is 0 Å². The summed E-state index contributed by atoms with van der Waals surface area (Å²) in [4.78, 5) is 0. The molecule has 4 heteroatoms. The highest BCUT2D eigenvalue weighted by molar-refractivity contribution is 6.11. The van der Waals surface area contributed by atoms with Crippen LogP contribution >= 0.6 is 0 Å². The summed E-state index contributed by atoms with van der Waals surface area (Å²) in [5, 5.41) is 20.6. The predicted molar refractivity (Wildman–Crippen MR) is 75.9 cm³/mol. The van der Waals surface area contributed by atoms with Crippen LogP contribution in [-0.4, -0.2) is 10.9 Å². The second kappa shape index (κ2) is 6.39. The molecule has 0 saturated heterocycles. The number of nitriles is 1. The molecular formula is C16H14N2O2. The van der Waals surface area contributed by atoms with Crippen LogP contribution in [-0.2, 0) is 6.61 Å². The van der Waals surface area contributed by atoms with E-state index >= 15 is 0 Å². The maximum Gasteiger partial charge on any atom is 0.186 e. The molecule has 0 unspecified atom stereocenters. The van der Waals surface area contributed by atoms with Crippen molar-refractivity contribution < 1.29 is 9.94 Å². The van der Waals surface area contributed by atoms with E-state index in [1.165, 1.54) is 0 Å². The molecule has 2 rings (SSSR count). The van der Waals surface area contributed by atoms with Crippen molar-refractivity contribution >= 4 is 5.71 Å². The first-order chi connectivity index (χ1) is 9.74. The van der Waals surface area contributed by atoms with Crippen LogP contribution < -0.4 is 4.74 Å². The Morgan fingerprint density at radius 2 is 2.05 bits per heavy atom. The average Bonchev–Trinajstić information content (AvgIpc) is 2.48. The van der Waals surface area contributed by atoms with Gasteiger partial charge in [-0.1, -0.05) is 41.6 Å². The number of hydrogen-bond donors (Lipinski definition) is 1. The third-order valence-corrected chi connectivity index (χ3v) is 2.89. The molecule has 0 bridgehead atoms. The topological polar surface area (TPSA) is 65.6 Å². The van der Waals surface area contributed by atoms with Crippen LogP contribution in [0.15, 0.2) is 53.7 Å². The molecule has 4 nitrogen and oxygen atoms in total. The van der Waals surface area contributed by atoms with Crippen molar-refractivity contribution in [3.8, 4) is 11.8 Å². The fraction of sp³-hybridized carbons (Fsp3) is 0.125. The average molecular weight is 266 g/mol. The van der Waals surface area contributed by atoms with Crippen molar-refractivity contribution in [1.29, 1.82) is 5.26 Å². The molecule has 20 heavy (non-hydrogen) atoms. The SMILES string of the molecule is Cc1ccccc1OCc1cccc(C(C#N)=NO)c1. The zero-order valence-corrected chi connectivity index (χ0v) is 11.1. The van der Waals surface area contributed by atoms with E-state index < -0.39 is 0 Å². The molecule has 0 aromatic heterocycles. The number of ether oxygens (including phenoxy) is 1. The van der Waals surface area contributed by atoms with Gasteiger partial charge in [-0.15, -0.1) is 0 Å². The molecule has 0 amide bonds. The van der Waals surface area contributed by atoms with Crippen LogP contribution in [0.5, 0.6) is 5.75 Å². The standard InChI is InChI=1S/C16H14N2O2/c1-12-5-2-3-8-16(12)20-11-13-6-4-7-14(9-13)15(10-17)18-19/h2-9,19H,11H2,1H3. The molecule has 2 aromatic carbocycles. The lowest BCUT2D eigenvalue weighted by molar-refractivity contribution is 0.304. The number of rotatable bonds is 4. The van der Waals surface area contributed by atoms with E-state index in [-0.39, 0.29) is 5.71 Å². The Morgan fingerprint density at radius 1 is 1.25 bits per heavy atom. The third-order valence-electron chi connectivity index (χ3n) is 2.89. The van der Waals surface area contributed by atoms with E-state index in [0.29, 0.717) is 12.2 Å². The Kier molecular flexibility index (Phi) is 4.35. The summed E-state index contributed by atoms with van der Waals surface area (Å²) in [6.07, 6.45) is 0. The summed E-state index contributed by atoms with van der Waals surface area (Å²) >= 11 is 0. The second-order valence-electron chi connectivity index (χ2n) is 4.31. The van der Waals surface area contributed by atoms with Gasteiger partial charge in [0.2, 0.25) is 0 Å². The van der Waals surface area contributed by atoms with Gasteiger partial charge in [0.05, 0.1) is 0 Å². The maximum atomic E-state index is 8.84. The number of benzene rings is 2. The Bertz CT molecular complexity index is 672. The van der Waals surface area contributed by atoms with Gasteiger partial charge in [0.25, 0.3) is 0 Å². The van der Waals surface area contributed by atoms with Crippen molar-refractivity contribution in [3.05, 3.63) is 65.2 Å². The van der Waals surface area contributed by atoms with E-state index in [9.17, 15) is 0 Å². The molecule has 0 heterocycles. The number of para-hydroxylation sites is 1. The number of nitrogens with zero attached hydrogens (tertiary/aromatic N) is 2. The minimum atomic E-state index is -0.0114. The summed E-state index contributed by atoms with van der Waals surface area (Å²) in [6.45, 7) is 2.38. The molecular weight excluding hydrogens is 252 g/mol. The third kappa shape index (κ3) is 3.15. The molecule has 1 N–H and O–H groups in total. The molecule has 0 aliphatic heterocycles. The van der Waals surface area contributed by atoms with Crippen LogP contribution in [0.1, 0.15) is 16.7 Å². The van der Waals surface area contributed by atoms with Crippen LogP contribution in [0.4, 0.5) is 0 Å². The lowest BCUT2D eigenvalue weighted by Crippen LogP contribution is -2.01. The van der Waals surface area contributed by atoms with Crippen molar-refractivity contribution in [2.75, 3.05) is 0 Å². The molecule has 0 spiro atoms. The van der Waals surface area contributed by atoms with Gasteiger partial charge in [0.1, 0.15) is 18.4 Å². The van der Waals surface area contributed by atoms with Gasteiger partial charge in [0.15, 0.2) is 5.71 Å². The Hall–Kier alpha value is -2.80. The first kappa shape index (κ1) is 13.6. The highest BCUT2D eigenvalue weighted by Crippen LogP contribution is 2.18. The summed E-state index contributed by atoms with van der Waals surface area (Å²) in [6, 6.07) is 16.8. The van der Waals surface area contributed by atoms with Gasteiger partial charge in [-0.05, 0) is 30.2 Å². The first-order valence-corrected chi connectivity index (χ1v) is 6.14. The van der Waals surface area contributed by atoms with Gasteiger partial charge in [-0.25, -0.2) is 0 Å². The maximum absolute atomic E-state index is 8.84. The smallest absolute Gasteiger partial charge is 0.186 e. The molecule has 2 aromatic rings. The fourth-order valence-electron chi connectivity index (χ4n) is 1.83. The molecule has 0 saturated carbocycles. The van der Waals surface area contributed by atoms with Crippen molar-refractivity contribution in [1.82, 2.24) is 0 Å². The van der Waals surface area contributed by atoms with Gasteiger partial charge in [-0.2, -0.15) is 5.26 Å². The quantitative estimate of drug-likeness (QED) is 0.524. The number of aryl methyl sites for hydroxylation is 1. The molecule has 0 radical (unpaired) electrons. The second-order valence-corrected chi connectivity index (χ2v) is 4.31. The summed E-state index contributed by atoms with van der Waals surface area (Å²) < 4.78 is 5.74. The minimum absolute atomic E-state index is 0.0114. The minimum Gasteiger partial charge on any atom is -0.489 e. The van der Waals surface area contributed by atoms with Crippen molar-refractivity contribution in [2.45, 2.75) is 13.5 Å². The molecule has 0 aliphatic carbocycles. The monoisotopic (exact) mass is 266 g/mol. The predicted octanol–water partition coefficient (Wildman–Crippen LogP) is 3.28. The highest BCUT2D eigenvalue weighted by atomic mass is 16.5.